The molecular formula is C16H16Cl2FNO. The van der Waals surface area contributed by atoms with Crippen molar-refractivity contribution in [2.45, 2.75) is 26.4 Å². The molecule has 112 valence electrons. The Morgan fingerprint density at radius 1 is 1.10 bits per heavy atom. The highest BCUT2D eigenvalue weighted by Gasteiger charge is 2.10. The fourth-order valence-corrected chi connectivity index (χ4v) is 2.09. The molecule has 5 heteroatoms. The zero-order chi connectivity index (χ0) is 15.4. The van der Waals surface area contributed by atoms with Crippen LogP contribution in [0.25, 0.3) is 0 Å². The minimum Gasteiger partial charge on any atom is -0.455 e. The molecule has 0 aromatic heterocycles. The van der Waals surface area contributed by atoms with Crippen LogP contribution in [0.5, 0.6) is 11.5 Å². The second-order valence-electron chi connectivity index (χ2n) is 4.96. The van der Waals surface area contributed by atoms with E-state index in [9.17, 15) is 4.39 Å². The zero-order valence-corrected chi connectivity index (χ0v) is 13.3. The molecule has 21 heavy (non-hydrogen) atoms. The van der Waals surface area contributed by atoms with Crippen molar-refractivity contribution in [1.82, 2.24) is 5.32 Å². The molecule has 0 aliphatic heterocycles. The summed E-state index contributed by atoms with van der Waals surface area (Å²) in [5, 5.41) is 4.21. The normalized spacial score (nSPS) is 11.0. The molecule has 0 atom stereocenters. The van der Waals surface area contributed by atoms with Crippen molar-refractivity contribution in [3.05, 3.63) is 57.8 Å². The largest absolute Gasteiger partial charge is 0.455 e. The summed E-state index contributed by atoms with van der Waals surface area (Å²) in [6.07, 6.45) is 0. The molecular weight excluding hydrogens is 312 g/mol. The van der Waals surface area contributed by atoms with Gasteiger partial charge in [-0.3, -0.25) is 0 Å². The van der Waals surface area contributed by atoms with Gasteiger partial charge in [-0.2, -0.15) is 0 Å². The van der Waals surface area contributed by atoms with Gasteiger partial charge in [-0.15, -0.1) is 0 Å². The van der Waals surface area contributed by atoms with Gasteiger partial charge in [-0.1, -0.05) is 37.0 Å². The molecule has 2 nitrogen and oxygen atoms in total. The molecule has 0 spiro atoms. The number of hydrogen-bond donors (Lipinski definition) is 1. The number of benzene rings is 2. The molecule has 0 unspecified atom stereocenters. The van der Waals surface area contributed by atoms with Crippen LogP contribution in [0, 0.1) is 5.82 Å². The van der Waals surface area contributed by atoms with Crippen LogP contribution in [-0.2, 0) is 6.54 Å². The van der Waals surface area contributed by atoms with Crippen molar-refractivity contribution >= 4 is 23.2 Å². The number of ether oxygens (including phenoxy) is 1. The van der Waals surface area contributed by atoms with Crippen LogP contribution in [0.15, 0.2) is 36.4 Å². The van der Waals surface area contributed by atoms with E-state index in [1.165, 1.54) is 12.1 Å². The smallest absolute Gasteiger partial charge is 0.147 e. The molecule has 2 aromatic carbocycles. The average molecular weight is 328 g/mol. The number of hydrogen-bond acceptors (Lipinski definition) is 2. The summed E-state index contributed by atoms with van der Waals surface area (Å²) in [5.74, 6) is 0.690. The Kier molecular flexibility index (Phi) is 5.45. The highest BCUT2D eigenvalue weighted by atomic mass is 35.5. The van der Waals surface area contributed by atoms with Crippen LogP contribution < -0.4 is 10.1 Å². The van der Waals surface area contributed by atoms with Gasteiger partial charge in [0.05, 0.1) is 5.02 Å². The third kappa shape index (κ3) is 4.60. The fourth-order valence-electron chi connectivity index (χ4n) is 1.77. The van der Waals surface area contributed by atoms with Crippen molar-refractivity contribution < 1.29 is 9.13 Å². The topological polar surface area (TPSA) is 21.3 Å². The maximum atomic E-state index is 13.4. The Morgan fingerprint density at radius 3 is 2.57 bits per heavy atom. The van der Waals surface area contributed by atoms with Crippen LogP contribution in [0.4, 0.5) is 4.39 Å². The van der Waals surface area contributed by atoms with Crippen molar-refractivity contribution in [3.63, 3.8) is 0 Å². The predicted octanol–water partition coefficient (Wildman–Crippen LogP) is 5.42. The van der Waals surface area contributed by atoms with E-state index < -0.39 is 0 Å². The van der Waals surface area contributed by atoms with Crippen molar-refractivity contribution in [2.24, 2.45) is 0 Å². The minimum absolute atomic E-state index is 0.288. The van der Waals surface area contributed by atoms with Gasteiger partial charge in [0.15, 0.2) is 0 Å². The molecule has 0 amide bonds. The van der Waals surface area contributed by atoms with Gasteiger partial charge in [0, 0.05) is 29.2 Å². The quantitative estimate of drug-likeness (QED) is 0.791. The SMILES string of the molecule is CC(C)NCc1cc(F)ccc1Oc1cc(Cl)ccc1Cl. The second kappa shape index (κ2) is 7.12. The molecule has 0 saturated heterocycles. The predicted molar refractivity (Wildman–Crippen MR) is 84.9 cm³/mol. The van der Waals surface area contributed by atoms with E-state index in [0.717, 1.165) is 5.56 Å². The summed E-state index contributed by atoms with van der Waals surface area (Å²) in [5.41, 5.74) is 0.722. The van der Waals surface area contributed by atoms with Gasteiger partial charge < -0.3 is 10.1 Å². The molecule has 1 N–H and O–H groups in total. The lowest BCUT2D eigenvalue weighted by Crippen LogP contribution is -2.22. The zero-order valence-electron chi connectivity index (χ0n) is 11.8. The first-order valence-corrected chi connectivity index (χ1v) is 7.36. The Hall–Kier alpha value is -1.29. The van der Waals surface area contributed by atoms with Crippen LogP contribution >= 0.6 is 23.2 Å². The van der Waals surface area contributed by atoms with Crippen molar-refractivity contribution in [2.75, 3.05) is 0 Å². The van der Waals surface area contributed by atoms with Crippen LogP contribution in [-0.4, -0.2) is 6.04 Å². The Balaban J connectivity index is 2.28. The summed E-state index contributed by atoms with van der Waals surface area (Å²) in [6.45, 7) is 4.55. The van der Waals surface area contributed by atoms with E-state index in [2.05, 4.69) is 5.32 Å². The highest BCUT2D eigenvalue weighted by Crippen LogP contribution is 2.33. The summed E-state index contributed by atoms with van der Waals surface area (Å²) in [6, 6.07) is 9.65. The third-order valence-corrected chi connectivity index (χ3v) is 3.38. The number of nitrogens with one attached hydrogen (secondary N) is 1. The third-order valence-electron chi connectivity index (χ3n) is 2.84. The summed E-state index contributed by atoms with van der Waals surface area (Å²) in [4.78, 5) is 0. The van der Waals surface area contributed by atoms with E-state index in [4.69, 9.17) is 27.9 Å². The Bertz CT molecular complexity index is 632. The first-order valence-electron chi connectivity index (χ1n) is 6.60. The van der Waals surface area contributed by atoms with E-state index in [-0.39, 0.29) is 11.9 Å². The van der Waals surface area contributed by atoms with E-state index in [1.54, 1.807) is 24.3 Å². The fraction of sp³-hybridized carbons (Fsp3) is 0.250. The lowest BCUT2D eigenvalue weighted by Gasteiger charge is -2.14. The molecule has 2 aromatic rings. The molecule has 0 heterocycles. The molecule has 0 aliphatic carbocycles. The van der Waals surface area contributed by atoms with Crippen molar-refractivity contribution in [1.29, 1.82) is 0 Å². The van der Waals surface area contributed by atoms with Gasteiger partial charge in [-0.05, 0) is 30.3 Å². The molecule has 0 saturated carbocycles. The molecule has 0 bridgehead atoms. The lowest BCUT2D eigenvalue weighted by molar-refractivity contribution is 0.467. The van der Waals surface area contributed by atoms with Crippen LogP contribution in [0.1, 0.15) is 19.4 Å². The maximum Gasteiger partial charge on any atom is 0.147 e. The maximum absolute atomic E-state index is 13.4. The first-order chi connectivity index (χ1) is 9.95. The van der Waals surface area contributed by atoms with E-state index in [1.807, 2.05) is 13.8 Å². The highest BCUT2D eigenvalue weighted by molar-refractivity contribution is 6.34. The lowest BCUT2D eigenvalue weighted by atomic mass is 10.2. The van der Waals surface area contributed by atoms with Crippen molar-refractivity contribution in [3.8, 4) is 11.5 Å². The Labute approximate surface area is 133 Å². The van der Waals surface area contributed by atoms with Gasteiger partial charge >= 0.3 is 0 Å². The summed E-state index contributed by atoms with van der Waals surface area (Å²) < 4.78 is 19.2. The average Bonchev–Trinajstić information content (AvgIpc) is 2.43. The van der Waals surface area contributed by atoms with E-state index in [0.29, 0.717) is 28.1 Å². The molecule has 0 fully saturated rings. The molecule has 2 rings (SSSR count). The van der Waals surface area contributed by atoms with Gasteiger partial charge in [0.1, 0.15) is 17.3 Å². The second-order valence-corrected chi connectivity index (χ2v) is 5.81. The van der Waals surface area contributed by atoms with Crippen LogP contribution in [0.3, 0.4) is 0 Å². The van der Waals surface area contributed by atoms with Gasteiger partial charge in [-0.25, -0.2) is 4.39 Å². The summed E-state index contributed by atoms with van der Waals surface area (Å²) >= 11 is 12.0. The Morgan fingerprint density at radius 2 is 1.86 bits per heavy atom. The monoisotopic (exact) mass is 327 g/mol. The number of halogens is 3. The molecule has 0 aliphatic rings. The standard InChI is InChI=1S/C16H16Cl2FNO/c1-10(2)20-9-11-7-13(19)4-6-15(11)21-16-8-12(17)3-5-14(16)18/h3-8,10,20H,9H2,1-2H3. The van der Waals surface area contributed by atoms with Gasteiger partial charge in [0.25, 0.3) is 0 Å². The van der Waals surface area contributed by atoms with Crippen LogP contribution in [0.2, 0.25) is 10.0 Å². The number of rotatable bonds is 5. The summed E-state index contributed by atoms with van der Waals surface area (Å²) in [7, 11) is 0. The van der Waals surface area contributed by atoms with Gasteiger partial charge in [0.2, 0.25) is 0 Å². The minimum atomic E-state index is -0.305. The molecule has 0 radical (unpaired) electrons. The van der Waals surface area contributed by atoms with E-state index >= 15 is 0 Å². The first kappa shape index (κ1) is 16.1.